The van der Waals surface area contributed by atoms with Crippen LogP contribution in [0.4, 0.5) is 10.3 Å². The standard InChI is InChI=1S/C22H25FN4O3S/c1-14(15-8-4-5-9-16(15)23)31-26-22-25-24-21(19-12-7-13-30-19)27(22)20-17(28-2)10-6-11-18(20)29-3/h4-6,8-11,14,19H,7,12-13H2,1-3H3,(H,25,26). The van der Waals surface area contributed by atoms with Gasteiger partial charge in [-0.1, -0.05) is 24.3 Å². The summed E-state index contributed by atoms with van der Waals surface area (Å²) in [5.41, 5.74) is 1.30. The van der Waals surface area contributed by atoms with Gasteiger partial charge in [-0.25, -0.2) is 4.39 Å². The first-order valence-corrected chi connectivity index (χ1v) is 11.0. The van der Waals surface area contributed by atoms with Crippen LogP contribution in [-0.4, -0.2) is 35.6 Å². The first kappa shape index (κ1) is 21.5. The number of rotatable bonds is 8. The van der Waals surface area contributed by atoms with Gasteiger partial charge in [0.2, 0.25) is 5.95 Å². The molecule has 1 saturated heterocycles. The third-order valence-corrected chi connectivity index (χ3v) is 6.11. The molecular weight excluding hydrogens is 419 g/mol. The zero-order valence-corrected chi connectivity index (χ0v) is 18.5. The third-order valence-electron chi connectivity index (χ3n) is 5.20. The van der Waals surface area contributed by atoms with Gasteiger partial charge in [-0.15, -0.1) is 10.2 Å². The molecule has 9 heteroatoms. The highest BCUT2D eigenvalue weighted by Crippen LogP contribution is 2.40. The van der Waals surface area contributed by atoms with Gasteiger partial charge in [0.05, 0.1) is 14.2 Å². The lowest BCUT2D eigenvalue weighted by Gasteiger charge is -2.20. The van der Waals surface area contributed by atoms with E-state index in [4.69, 9.17) is 14.2 Å². The molecule has 0 aliphatic carbocycles. The largest absolute Gasteiger partial charge is 0.494 e. The SMILES string of the molecule is COc1cccc(OC)c1-n1c(NSC(C)c2ccccc2F)nnc1C1CCCO1. The smallest absolute Gasteiger partial charge is 0.239 e. The summed E-state index contributed by atoms with van der Waals surface area (Å²) in [4.78, 5) is 0. The summed E-state index contributed by atoms with van der Waals surface area (Å²) < 4.78 is 36.4. The van der Waals surface area contributed by atoms with E-state index < -0.39 is 0 Å². The van der Waals surface area contributed by atoms with Crippen molar-refractivity contribution in [3.05, 3.63) is 59.7 Å². The Kier molecular flexibility index (Phi) is 6.62. The lowest BCUT2D eigenvalue weighted by atomic mass is 10.1. The van der Waals surface area contributed by atoms with E-state index in [2.05, 4.69) is 14.9 Å². The van der Waals surface area contributed by atoms with E-state index in [0.717, 1.165) is 12.8 Å². The second-order valence-corrected chi connectivity index (χ2v) is 8.26. The van der Waals surface area contributed by atoms with Gasteiger partial charge in [-0.2, -0.15) is 0 Å². The van der Waals surface area contributed by atoms with Gasteiger partial charge in [0.1, 0.15) is 29.1 Å². The quantitative estimate of drug-likeness (QED) is 0.485. The normalized spacial score (nSPS) is 16.8. The molecule has 1 N–H and O–H groups in total. The van der Waals surface area contributed by atoms with Crippen molar-refractivity contribution in [2.45, 2.75) is 31.1 Å². The molecule has 3 aromatic rings. The van der Waals surface area contributed by atoms with Crippen molar-refractivity contribution in [1.82, 2.24) is 14.8 Å². The maximum absolute atomic E-state index is 14.2. The molecule has 0 spiro atoms. The van der Waals surface area contributed by atoms with Crippen LogP contribution in [0.3, 0.4) is 0 Å². The first-order chi connectivity index (χ1) is 15.1. The van der Waals surface area contributed by atoms with Gasteiger partial charge >= 0.3 is 0 Å². The molecule has 0 bridgehead atoms. The minimum absolute atomic E-state index is 0.155. The summed E-state index contributed by atoms with van der Waals surface area (Å²) >= 11 is 1.35. The number of hydrogen-bond acceptors (Lipinski definition) is 7. The highest BCUT2D eigenvalue weighted by atomic mass is 32.2. The van der Waals surface area contributed by atoms with Crippen molar-refractivity contribution in [3.63, 3.8) is 0 Å². The van der Waals surface area contributed by atoms with Crippen LogP contribution in [0.15, 0.2) is 42.5 Å². The highest BCUT2D eigenvalue weighted by Gasteiger charge is 2.29. The third kappa shape index (κ3) is 4.33. The first-order valence-electron chi connectivity index (χ1n) is 10.1. The average Bonchev–Trinajstić information content (AvgIpc) is 3.46. The summed E-state index contributed by atoms with van der Waals surface area (Å²) in [6.07, 6.45) is 1.64. The second kappa shape index (κ2) is 9.57. The van der Waals surface area contributed by atoms with Crippen LogP contribution in [-0.2, 0) is 4.74 Å². The van der Waals surface area contributed by atoms with E-state index in [1.165, 1.54) is 18.0 Å². The van der Waals surface area contributed by atoms with E-state index in [-0.39, 0.29) is 17.2 Å². The van der Waals surface area contributed by atoms with E-state index in [0.29, 0.717) is 41.1 Å². The van der Waals surface area contributed by atoms with Gasteiger partial charge in [-0.05, 0) is 49.9 Å². The fraction of sp³-hybridized carbons (Fsp3) is 0.364. The van der Waals surface area contributed by atoms with Crippen molar-refractivity contribution in [1.29, 1.82) is 0 Å². The van der Waals surface area contributed by atoms with Crippen LogP contribution in [0.5, 0.6) is 11.5 Å². The zero-order chi connectivity index (χ0) is 21.8. The number of para-hydroxylation sites is 1. The number of aromatic nitrogens is 3. The zero-order valence-electron chi connectivity index (χ0n) is 17.7. The van der Waals surface area contributed by atoms with Crippen molar-refractivity contribution >= 4 is 17.9 Å². The van der Waals surface area contributed by atoms with Crippen LogP contribution in [0.2, 0.25) is 0 Å². The fourth-order valence-corrected chi connectivity index (χ4v) is 4.37. The maximum Gasteiger partial charge on any atom is 0.239 e. The molecule has 0 saturated carbocycles. The molecule has 2 unspecified atom stereocenters. The molecule has 4 rings (SSSR count). The fourth-order valence-electron chi connectivity index (χ4n) is 3.63. The Hall–Kier alpha value is -2.78. The summed E-state index contributed by atoms with van der Waals surface area (Å²) in [5.74, 6) is 2.16. The molecule has 1 aliphatic heterocycles. The van der Waals surface area contributed by atoms with Crippen LogP contribution >= 0.6 is 11.9 Å². The summed E-state index contributed by atoms with van der Waals surface area (Å²) in [6, 6.07) is 12.3. The molecule has 2 aromatic carbocycles. The molecule has 2 atom stereocenters. The Morgan fingerprint density at radius 2 is 1.87 bits per heavy atom. The Morgan fingerprint density at radius 3 is 2.52 bits per heavy atom. The number of methoxy groups -OCH3 is 2. The maximum atomic E-state index is 14.2. The highest BCUT2D eigenvalue weighted by molar-refractivity contribution is 8.00. The molecule has 2 heterocycles. The van der Waals surface area contributed by atoms with E-state index in [1.54, 1.807) is 26.4 Å². The van der Waals surface area contributed by atoms with Gasteiger partial charge in [0, 0.05) is 17.4 Å². The number of anilines is 1. The predicted molar refractivity (Wildman–Crippen MR) is 118 cm³/mol. The van der Waals surface area contributed by atoms with E-state index in [9.17, 15) is 4.39 Å². The van der Waals surface area contributed by atoms with Crippen molar-refractivity contribution in [3.8, 4) is 17.2 Å². The summed E-state index contributed by atoms with van der Waals surface area (Å²) in [6.45, 7) is 2.61. The van der Waals surface area contributed by atoms with Gasteiger partial charge < -0.3 is 14.2 Å². The average molecular weight is 445 g/mol. The van der Waals surface area contributed by atoms with Gasteiger partial charge in [0.25, 0.3) is 0 Å². The van der Waals surface area contributed by atoms with Gasteiger partial charge in [0.15, 0.2) is 5.82 Å². The Bertz CT molecular complexity index is 1020. The molecule has 164 valence electrons. The van der Waals surface area contributed by atoms with E-state index >= 15 is 0 Å². The number of halogens is 1. The topological polar surface area (TPSA) is 70.4 Å². The number of hydrogen-bond donors (Lipinski definition) is 1. The number of nitrogens with one attached hydrogen (secondary N) is 1. The Balaban J connectivity index is 1.72. The van der Waals surface area contributed by atoms with Crippen LogP contribution in [0, 0.1) is 5.82 Å². The van der Waals surface area contributed by atoms with E-state index in [1.807, 2.05) is 35.8 Å². The second-order valence-electron chi connectivity index (χ2n) is 7.11. The predicted octanol–water partition coefficient (Wildman–Crippen LogP) is 5.10. The monoisotopic (exact) mass is 444 g/mol. The molecule has 1 aromatic heterocycles. The minimum Gasteiger partial charge on any atom is -0.494 e. The van der Waals surface area contributed by atoms with Gasteiger partial charge in [-0.3, -0.25) is 9.29 Å². The molecule has 0 radical (unpaired) electrons. The molecule has 31 heavy (non-hydrogen) atoms. The molecule has 0 amide bonds. The lowest BCUT2D eigenvalue weighted by Crippen LogP contribution is -2.11. The van der Waals surface area contributed by atoms with Crippen LogP contribution < -0.4 is 14.2 Å². The van der Waals surface area contributed by atoms with Crippen LogP contribution in [0.25, 0.3) is 5.69 Å². The summed E-state index contributed by atoms with van der Waals surface area (Å²) in [7, 11) is 3.22. The van der Waals surface area contributed by atoms with Crippen molar-refractivity contribution < 1.29 is 18.6 Å². The molecule has 7 nitrogen and oxygen atoms in total. The Morgan fingerprint density at radius 1 is 1.13 bits per heavy atom. The van der Waals surface area contributed by atoms with Crippen molar-refractivity contribution in [2.24, 2.45) is 0 Å². The molecule has 1 fully saturated rings. The van der Waals surface area contributed by atoms with Crippen LogP contribution in [0.1, 0.15) is 42.5 Å². The lowest BCUT2D eigenvalue weighted by molar-refractivity contribution is 0.103. The summed E-state index contributed by atoms with van der Waals surface area (Å²) in [5, 5.41) is 8.64. The molecular formula is C22H25FN4O3S. The number of nitrogens with zero attached hydrogens (tertiary/aromatic N) is 3. The minimum atomic E-state index is -0.239. The number of ether oxygens (including phenoxy) is 3. The Labute approximate surface area is 185 Å². The number of benzene rings is 2. The van der Waals surface area contributed by atoms with Crippen molar-refractivity contribution in [2.75, 3.05) is 25.5 Å². The molecule has 1 aliphatic rings.